The van der Waals surface area contributed by atoms with Crippen LogP contribution in [0.3, 0.4) is 0 Å². The molecule has 2 nitrogen and oxygen atoms in total. The standard InChI is InChI=1S/C12H24N2S/c1-2-15-9-6-13-11-5-8-14-7-3-4-12(14)10-11/h11-13H,2-10H2,1H3. The van der Waals surface area contributed by atoms with Gasteiger partial charge < -0.3 is 10.2 Å². The first-order valence-corrected chi connectivity index (χ1v) is 7.61. The highest BCUT2D eigenvalue weighted by atomic mass is 32.2. The van der Waals surface area contributed by atoms with E-state index in [0.717, 1.165) is 12.1 Å². The number of nitrogens with one attached hydrogen (secondary N) is 1. The second-order valence-electron chi connectivity index (χ2n) is 4.70. The van der Waals surface area contributed by atoms with Crippen LogP contribution in [0.2, 0.25) is 0 Å². The minimum absolute atomic E-state index is 0.807. The number of fused-ring (bicyclic) bond motifs is 1. The van der Waals surface area contributed by atoms with Crippen molar-refractivity contribution in [3.63, 3.8) is 0 Å². The molecule has 2 aliphatic heterocycles. The largest absolute Gasteiger partial charge is 0.313 e. The van der Waals surface area contributed by atoms with Gasteiger partial charge in [-0.15, -0.1) is 0 Å². The molecule has 0 amide bonds. The van der Waals surface area contributed by atoms with Crippen molar-refractivity contribution in [3.8, 4) is 0 Å². The molecule has 3 heteroatoms. The summed E-state index contributed by atoms with van der Waals surface area (Å²) in [5.41, 5.74) is 0. The van der Waals surface area contributed by atoms with Gasteiger partial charge in [0.2, 0.25) is 0 Å². The second-order valence-corrected chi connectivity index (χ2v) is 6.10. The third-order valence-corrected chi connectivity index (χ3v) is 4.61. The fraction of sp³-hybridized carbons (Fsp3) is 1.00. The zero-order valence-electron chi connectivity index (χ0n) is 9.87. The summed E-state index contributed by atoms with van der Waals surface area (Å²) in [6.07, 6.45) is 5.65. The second kappa shape index (κ2) is 6.12. The van der Waals surface area contributed by atoms with Gasteiger partial charge in [-0.05, 0) is 44.5 Å². The number of hydrogen-bond donors (Lipinski definition) is 1. The van der Waals surface area contributed by atoms with E-state index in [0.29, 0.717) is 0 Å². The minimum Gasteiger partial charge on any atom is -0.313 e. The lowest BCUT2D eigenvalue weighted by molar-refractivity contribution is 0.168. The summed E-state index contributed by atoms with van der Waals surface area (Å²) in [5.74, 6) is 2.53. The van der Waals surface area contributed by atoms with Crippen molar-refractivity contribution in [2.75, 3.05) is 31.1 Å². The Morgan fingerprint density at radius 1 is 1.33 bits per heavy atom. The Labute approximate surface area is 98.2 Å². The number of nitrogens with zero attached hydrogens (tertiary/aromatic N) is 1. The van der Waals surface area contributed by atoms with Gasteiger partial charge in [-0.1, -0.05) is 6.92 Å². The average molecular weight is 228 g/mol. The van der Waals surface area contributed by atoms with Crippen molar-refractivity contribution < 1.29 is 0 Å². The summed E-state index contributed by atoms with van der Waals surface area (Å²) in [4.78, 5) is 2.69. The summed E-state index contributed by atoms with van der Waals surface area (Å²) in [6.45, 7) is 6.14. The van der Waals surface area contributed by atoms with Crippen molar-refractivity contribution in [1.29, 1.82) is 0 Å². The summed E-state index contributed by atoms with van der Waals surface area (Å²) < 4.78 is 0. The molecule has 0 aromatic heterocycles. The highest BCUT2D eigenvalue weighted by Gasteiger charge is 2.31. The molecule has 2 aliphatic rings. The molecular formula is C12H24N2S. The van der Waals surface area contributed by atoms with Crippen LogP contribution >= 0.6 is 11.8 Å². The molecule has 0 aliphatic carbocycles. The van der Waals surface area contributed by atoms with Crippen molar-refractivity contribution >= 4 is 11.8 Å². The van der Waals surface area contributed by atoms with E-state index in [9.17, 15) is 0 Å². The first kappa shape index (κ1) is 11.7. The van der Waals surface area contributed by atoms with Crippen LogP contribution in [0.25, 0.3) is 0 Å². The average Bonchev–Trinajstić information content (AvgIpc) is 2.71. The van der Waals surface area contributed by atoms with E-state index in [2.05, 4.69) is 17.1 Å². The van der Waals surface area contributed by atoms with Gasteiger partial charge in [-0.2, -0.15) is 11.8 Å². The summed E-state index contributed by atoms with van der Waals surface area (Å²) in [5, 5.41) is 3.72. The van der Waals surface area contributed by atoms with Gasteiger partial charge in [0.15, 0.2) is 0 Å². The number of hydrogen-bond acceptors (Lipinski definition) is 3. The van der Waals surface area contributed by atoms with Gasteiger partial charge in [0, 0.05) is 24.4 Å². The van der Waals surface area contributed by atoms with Gasteiger partial charge in [0.1, 0.15) is 0 Å². The van der Waals surface area contributed by atoms with E-state index in [1.165, 1.54) is 56.8 Å². The molecule has 2 saturated heterocycles. The Bertz CT molecular complexity index is 186. The van der Waals surface area contributed by atoms with E-state index in [-0.39, 0.29) is 0 Å². The lowest BCUT2D eigenvalue weighted by Gasteiger charge is -2.35. The Hall–Kier alpha value is 0.270. The number of thioether (sulfide) groups is 1. The lowest BCUT2D eigenvalue weighted by atomic mass is 9.98. The molecule has 2 heterocycles. The van der Waals surface area contributed by atoms with Gasteiger partial charge in [0.25, 0.3) is 0 Å². The molecule has 0 aromatic rings. The highest BCUT2D eigenvalue weighted by molar-refractivity contribution is 7.99. The fourth-order valence-corrected chi connectivity index (χ4v) is 3.44. The smallest absolute Gasteiger partial charge is 0.0111 e. The monoisotopic (exact) mass is 228 g/mol. The van der Waals surface area contributed by atoms with Crippen molar-refractivity contribution in [1.82, 2.24) is 10.2 Å². The summed E-state index contributed by atoms with van der Waals surface area (Å²) in [7, 11) is 0. The molecule has 2 atom stereocenters. The maximum atomic E-state index is 3.72. The van der Waals surface area contributed by atoms with Gasteiger partial charge >= 0.3 is 0 Å². The minimum atomic E-state index is 0.807. The van der Waals surface area contributed by atoms with Gasteiger partial charge in [0.05, 0.1) is 0 Å². The number of piperidine rings is 1. The Morgan fingerprint density at radius 3 is 3.13 bits per heavy atom. The van der Waals surface area contributed by atoms with Crippen molar-refractivity contribution in [2.24, 2.45) is 0 Å². The zero-order valence-corrected chi connectivity index (χ0v) is 10.7. The van der Waals surface area contributed by atoms with Crippen LogP contribution in [0.1, 0.15) is 32.6 Å². The summed E-state index contributed by atoms with van der Waals surface area (Å²) in [6, 6.07) is 1.72. The normalized spacial score (nSPS) is 31.8. The van der Waals surface area contributed by atoms with Gasteiger partial charge in [-0.3, -0.25) is 0 Å². The Morgan fingerprint density at radius 2 is 2.27 bits per heavy atom. The maximum Gasteiger partial charge on any atom is 0.0111 e. The van der Waals surface area contributed by atoms with Crippen LogP contribution in [-0.4, -0.2) is 48.1 Å². The van der Waals surface area contributed by atoms with Gasteiger partial charge in [-0.25, -0.2) is 0 Å². The zero-order chi connectivity index (χ0) is 10.5. The Kier molecular flexibility index (Phi) is 4.79. The third-order valence-electron chi connectivity index (χ3n) is 3.70. The molecule has 2 unspecified atom stereocenters. The predicted molar refractivity (Wildman–Crippen MR) is 68.6 cm³/mol. The first-order valence-electron chi connectivity index (χ1n) is 6.45. The molecular weight excluding hydrogens is 204 g/mol. The quantitative estimate of drug-likeness (QED) is 0.724. The summed E-state index contributed by atoms with van der Waals surface area (Å²) >= 11 is 2.04. The van der Waals surface area contributed by atoms with E-state index in [4.69, 9.17) is 0 Å². The predicted octanol–water partition coefficient (Wildman–Crippen LogP) is 1.96. The molecule has 0 bridgehead atoms. The number of rotatable bonds is 5. The molecule has 2 rings (SSSR count). The fourth-order valence-electron chi connectivity index (χ4n) is 2.89. The van der Waals surface area contributed by atoms with Crippen LogP contribution in [0.5, 0.6) is 0 Å². The SMILES string of the molecule is CCSCCNC1CCN2CCCC2C1. The van der Waals surface area contributed by atoms with Crippen LogP contribution in [0, 0.1) is 0 Å². The van der Waals surface area contributed by atoms with Crippen LogP contribution in [0.15, 0.2) is 0 Å². The molecule has 2 fully saturated rings. The molecule has 88 valence electrons. The van der Waals surface area contributed by atoms with Crippen molar-refractivity contribution in [3.05, 3.63) is 0 Å². The van der Waals surface area contributed by atoms with E-state index < -0.39 is 0 Å². The van der Waals surface area contributed by atoms with Crippen molar-refractivity contribution in [2.45, 2.75) is 44.7 Å². The first-order chi connectivity index (χ1) is 7.40. The van der Waals surface area contributed by atoms with Crippen LogP contribution < -0.4 is 5.32 Å². The van der Waals surface area contributed by atoms with E-state index in [1.807, 2.05) is 11.8 Å². The molecule has 0 spiro atoms. The van der Waals surface area contributed by atoms with Crippen LogP contribution in [0.4, 0.5) is 0 Å². The molecule has 15 heavy (non-hydrogen) atoms. The van der Waals surface area contributed by atoms with E-state index >= 15 is 0 Å². The molecule has 0 saturated carbocycles. The Balaban J connectivity index is 1.62. The maximum absolute atomic E-state index is 3.72. The molecule has 1 N–H and O–H groups in total. The van der Waals surface area contributed by atoms with Crippen LogP contribution in [-0.2, 0) is 0 Å². The molecule has 0 radical (unpaired) electrons. The van der Waals surface area contributed by atoms with E-state index in [1.54, 1.807) is 0 Å². The topological polar surface area (TPSA) is 15.3 Å². The molecule has 0 aromatic carbocycles. The highest BCUT2D eigenvalue weighted by Crippen LogP contribution is 2.26. The third kappa shape index (κ3) is 3.36. The lowest BCUT2D eigenvalue weighted by Crippen LogP contribution is -2.46.